The van der Waals surface area contributed by atoms with Crippen LogP contribution in [0.4, 0.5) is 5.13 Å². The summed E-state index contributed by atoms with van der Waals surface area (Å²) in [4.78, 5) is 86.4. The fourth-order valence-electron chi connectivity index (χ4n) is 7.45. The van der Waals surface area contributed by atoms with Crippen LogP contribution in [-0.4, -0.2) is 118 Å². The summed E-state index contributed by atoms with van der Waals surface area (Å²) in [5.74, 6) is -7.33. The molecule has 7 rings (SSSR count). The number of oxime groups is 1. The Balaban J connectivity index is 1.14. The number of halogens is 1. The molecular weight excluding hydrogens is 798 g/mol. The zero-order chi connectivity index (χ0) is 40.2. The molecule has 2 amide bonds. The van der Waals surface area contributed by atoms with Crippen LogP contribution in [0.15, 0.2) is 39.5 Å². The molecule has 2 saturated heterocycles. The number of carbonyl (C=O) groups is 5. The number of hydrogen-bond donors (Lipinski definition) is 6. The number of likely N-dealkylation sites (tertiary alicyclic amines) is 1. The van der Waals surface area contributed by atoms with E-state index < -0.39 is 65.1 Å². The van der Waals surface area contributed by atoms with E-state index in [9.17, 15) is 49.2 Å². The van der Waals surface area contributed by atoms with Crippen molar-refractivity contribution < 1.29 is 58.8 Å². The number of carboxylic acid groups (broad SMARTS) is 3. The van der Waals surface area contributed by atoms with E-state index in [0.717, 1.165) is 41.9 Å². The molecule has 296 valence electrons. The molecule has 3 fully saturated rings. The number of thioether (sulfide) groups is 1. The predicted octanol–water partition coefficient (Wildman–Crippen LogP) is 0.303. The van der Waals surface area contributed by atoms with E-state index in [0.29, 0.717) is 34.2 Å². The molecule has 3 aromatic rings. The molecule has 1 aliphatic carbocycles. The molecule has 19 nitrogen and oxygen atoms in total. The zero-order valence-corrected chi connectivity index (χ0v) is 31.6. The van der Waals surface area contributed by atoms with Gasteiger partial charge in [-0.05, 0) is 18.9 Å². The van der Waals surface area contributed by atoms with Crippen molar-refractivity contribution in [2.24, 2.45) is 5.16 Å². The lowest BCUT2D eigenvalue weighted by Crippen LogP contribution is -2.72. The molecule has 22 heteroatoms. The van der Waals surface area contributed by atoms with Crippen molar-refractivity contribution in [3.8, 4) is 11.5 Å². The highest BCUT2D eigenvalue weighted by atomic mass is 35.5. The Morgan fingerprint density at radius 3 is 2.43 bits per heavy atom. The highest BCUT2D eigenvalue weighted by molar-refractivity contribution is 8.00. The lowest BCUT2D eigenvalue weighted by molar-refractivity contribution is -0.925. The number of nitrogen functional groups attached to an aromatic ring is 1. The molecule has 2 aromatic heterocycles. The Morgan fingerprint density at radius 2 is 1.82 bits per heavy atom. The first-order valence-corrected chi connectivity index (χ1v) is 19.6. The van der Waals surface area contributed by atoms with Crippen LogP contribution in [0.3, 0.4) is 0 Å². The quantitative estimate of drug-likeness (QED) is 0.0419. The van der Waals surface area contributed by atoms with Crippen LogP contribution >= 0.6 is 34.7 Å². The minimum Gasteiger partial charge on any atom is -0.543 e. The number of fused-ring (bicyclic) bond motifs is 2. The second kappa shape index (κ2) is 14.9. The number of anilines is 1. The first-order chi connectivity index (χ1) is 26.6. The van der Waals surface area contributed by atoms with Gasteiger partial charge in [0.05, 0.1) is 47.6 Å². The van der Waals surface area contributed by atoms with Gasteiger partial charge in [-0.3, -0.25) is 24.1 Å². The number of β-lactam (4-membered cyclic amide) rings is 1. The Bertz CT molecular complexity index is 2320. The number of phenols is 2. The summed E-state index contributed by atoms with van der Waals surface area (Å²) in [7, 11) is 0. The number of rotatable bonds is 14. The average Bonchev–Trinajstić information content (AvgIpc) is 3.79. The number of thiazole rings is 1. The lowest BCUT2D eigenvalue weighted by Gasteiger charge is -2.51. The van der Waals surface area contributed by atoms with Crippen LogP contribution in [0, 0.1) is 0 Å². The minimum atomic E-state index is -2.00. The van der Waals surface area contributed by atoms with Gasteiger partial charge in [-0.25, -0.2) is 9.78 Å². The van der Waals surface area contributed by atoms with Gasteiger partial charge in [-0.1, -0.05) is 28.1 Å². The number of amides is 2. The molecular formula is C34H34ClN7O12S2. The van der Waals surface area contributed by atoms with E-state index in [1.54, 1.807) is 6.20 Å². The van der Waals surface area contributed by atoms with Gasteiger partial charge in [-0.15, -0.1) is 11.8 Å². The smallest absolute Gasteiger partial charge is 0.348 e. The van der Waals surface area contributed by atoms with Gasteiger partial charge in [0.2, 0.25) is 6.10 Å². The minimum absolute atomic E-state index is 0.0944. The molecule has 0 unspecified atom stereocenters. The third kappa shape index (κ3) is 7.33. The van der Waals surface area contributed by atoms with Crippen molar-refractivity contribution in [3.63, 3.8) is 0 Å². The highest BCUT2D eigenvalue weighted by Gasteiger charge is 2.54. The number of hydrogen-bond acceptors (Lipinski definition) is 15. The van der Waals surface area contributed by atoms with Crippen molar-refractivity contribution in [1.29, 1.82) is 0 Å². The van der Waals surface area contributed by atoms with Gasteiger partial charge in [0, 0.05) is 42.5 Å². The molecule has 3 aliphatic heterocycles. The van der Waals surface area contributed by atoms with E-state index in [1.807, 2.05) is 4.57 Å². The second-order valence-electron chi connectivity index (χ2n) is 14.0. The number of quaternary nitrogens is 1. The Hall–Kier alpha value is -5.38. The topological polar surface area (TPSA) is 287 Å². The third-order valence-corrected chi connectivity index (χ3v) is 12.6. The number of nitrogens with zero attached hydrogens (tertiary/aromatic N) is 5. The number of pyridine rings is 1. The van der Waals surface area contributed by atoms with E-state index in [1.165, 1.54) is 23.9 Å². The maximum absolute atomic E-state index is 13.9. The van der Waals surface area contributed by atoms with Gasteiger partial charge in [-0.2, -0.15) is 0 Å². The first kappa shape index (κ1) is 38.9. The van der Waals surface area contributed by atoms with Crippen molar-refractivity contribution in [2.45, 2.75) is 62.2 Å². The van der Waals surface area contributed by atoms with Gasteiger partial charge in [0.1, 0.15) is 34.5 Å². The maximum Gasteiger partial charge on any atom is 0.348 e. The zero-order valence-electron chi connectivity index (χ0n) is 29.2. The van der Waals surface area contributed by atoms with Gasteiger partial charge in [0.25, 0.3) is 11.8 Å². The monoisotopic (exact) mass is 831 g/mol. The highest BCUT2D eigenvalue weighted by Crippen LogP contribution is 2.43. The number of nitrogens with one attached hydrogen (secondary N) is 1. The lowest BCUT2D eigenvalue weighted by atomic mass is 10.0. The van der Waals surface area contributed by atoms with Crippen LogP contribution < -0.4 is 21.6 Å². The Labute approximate surface area is 329 Å². The predicted molar refractivity (Wildman–Crippen MR) is 197 cm³/mol. The van der Waals surface area contributed by atoms with E-state index in [-0.39, 0.29) is 62.3 Å². The number of nitrogens with two attached hydrogens (primary N) is 1. The maximum atomic E-state index is 13.9. The SMILES string of the molecule is Nc1nc(/C(=N/O[C@@H](CC(=O)O)C(=O)O)C(=O)N[C@@H]2C(=O)N3C(C(=O)[O-])=C(C[N+]4(Cc5cn(C6CC6)c6cc(O)c(O)cc6c5=O)CCCC4)CS[C@H]23)c(Cl)s1. The number of aliphatic carboxylic acids is 3. The first-order valence-electron chi connectivity index (χ1n) is 17.3. The van der Waals surface area contributed by atoms with E-state index in [2.05, 4.69) is 15.5 Å². The number of phenolic OH excluding ortho intramolecular Hbond substituents is 2. The fraction of sp³-hybridized carbons (Fsp3) is 0.412. The van der Waals surface area contributed by atoms with Gasteiger partial charge < -0.3 is 55.3 Å². The molecule has 1 aromatic carbocycles. The molecule has 56 heavy (non-hydrogen) atoms. The molecule has 7 N–H and O–H groups in total. The van der Waals surface area contributed by atoms with Crippen LogP contribution in [-0.2, 0) is 35.4 Å². The molecule has 3 atom stereocenters. The normalized spacial score (nSPS) is 21.1. The largest absolute Gasteiger partial charge is 0.543 e. The van der Waals surface area contributed by atoms with Crippen LogP contribution in [0.1, 0.15) is 49.4 Å². The van der Waals surface area contributed by atoms with Crippen molar-refractivity contribution in [2.75, 3.05) is 31.1 Å². The summed E-state index contributed by atoms with van der Waals surface area (Å²) in [5.41, 5.74) is 5.43. The van der Waals surface area contributed by atoms with Crippen LogP contribution in [0.2, 0.25) is 4.34 Å². The summed E-state index contributed by atoms with van der Waals surface area (Å²) in [6.07, 6.45) is 2.17. The summed E-state index contributed by atoms with van der Waals surface area (Å²) >= 11 is 8.14. The molecule has 0 radical (unpaired) electrons. The van der Waals surface area contributed by atoms with E-state index >= 15 is 0 Å². The number of aromatic hydroxyl groups is 2. The van der Waals surface area contributed by atoms with Gasteiger partial charge >= 0.3 is 11.9 Å². The van der Waals surface area contributed by atoms with Crippen LogP contribution in [0.5, 0.6) is 11.5 Å². The van der Waals surface area contributed by atoms with Gasteiger partial charge in [0.15, 0.2) is 27.8 Å². The fourth-order valence-corrected chi connectivity index (χ4v) is 9.71. The van der Waals surface area contributed by atoms with Crippen molar-refractivity contribution in [3.05, 3.63) is 55.4 Å². The number of benzene rings is 1. The molecule has 4 aliphatic rings. The molecule has 5 heterocycles. The summed E-state index contributed by atoms with van der Waals surface area (Å²) in [6, 6.07) is 1.48. The third-order valence-electron chi connectivity index (χ3n) is 10.2. The van der Waals surface area contributed by atoms with Crippen molar-refractivity contribution >= 4 is 86.2 Å². The summed E-state index contributed by atoms with van der Waals surface area (Å²) in [5, 5.41) is 56.9. The summed E-state index contributed by atoms with van der Waals surface area (Å²) in [6.45, 7) is 1.67. The number of carbonyl (C=O) groups excluding carboxylic acids is 3. The standard InChI is InChI=1S/C34H34ClN7O12S2/c35-28-23(38-34(36)56-28)24(39-54-21(32(50)51)9-22(45)46)29(48)37-25-30(49)41-26(33(52)53)15(13-55-31(25)41)12-42(5-1-2-6-42)11-14-10-40(16-3-4-16)18-8-20(44)19(43)7-17(18)27(14)47/h7-8,10,16,21,25,31H,1-6,9,11-13H2,(H7-,36,37,38,39,43,44,45,46,47,48,50,51,52,53)/t21-,25+,31+/m0/s1. The molecule has 0 spiro atoms. The second-order valence-corrected chi connectivity index (χ2v) is 16.8. The molecule has 0 bridgehead atoms. The van der Waals surface area contributed by atoms with Crippen LogP contribution in [0.25, 0.3) is 10.9 Å². The Morgan fingerprint density at radius 1 is 1.12 bits per heavy atom. The molecule has 1 saturated carbocycles. The number of aromatic nitrogens is 2. The van der Waals surface area contributed by atoms with Crippen molar-refractivity contribution in [1.82, 2.24) is 19.8 Å². The number of carboxylic acids is 3. The van der Waals surface area contributed by atoms with E-state index in [4.69, 9.17) is 27.3 Å². The Kier molecular flexibility index (Phi) is 10.4. The average molecular weight is 832 g/mol. The summed E-state index contributed by atoms with van der Waals surface area (Å²) < 4.78 is 2.13.